The van der Waals surface area contributed by atoms with Gasteiger partial charge < -0.3 is 9.84 Å². The minimum Gasteiger partial charge on any atom is -0.493 e. The zero-order valence-electron chi connectivity index (χ0n) is 8.99. The second-order valence-electron chi connectivity index (χ2n) is 3.58. The van der Waals surface area contributed by atoms with Crippen LogP contribution in [0, 0.1) is 5.92 Å². The molecule has 0 spiro atoms. The molecular weight excluding hydrogens is 237 g/mol. The molecule has 0 fully saturated rings. The van der Waals surface area contributed by atoms with E-state index in [4.69, 9.17) is 9.84 Å². The summed E-state index contributed by atoms with van der Waals surface area (Å²) in [4.78, 5) is 10.5. The summed E-state index contributed by atoms with van der Waals surface area (Å²) in [6.45, 7) is 1.24. The van der Waals surface area contributed by atoms with Crippen molar-refractivity contribution in [1.82, 2.24) is 0 Å². The first-order valence-electron chi connectivity index (χ1n) is 4.83. The van der Waals surface area contributed by atoms with Crippen molar-refractivity contribution in [2.24, 2.45) is 5.92 Å². The summed E-state index contributed by atoms with van der Waals surface area (Å²) in [7, 11) is 0. The summed E-state index contributed by atoms with van der Waals surface area (Å²) in [6, 6.07) is 4.33. The highest BCUT2D eigenvalue weighted by atomic mass is 19.4. The average Bonchev–Trinajstić information content (AvgIpc) is 2.25. The monoisotopic (exact) mass is 248 g/mol. The van der Waals surface area contributed by atoms with Crippen LogP contribution in [0.15, 0.2) is 24.3 Å². The molecule has 1 aromatic carbocycles. The number of alkyl halides is 3. The lowest BCUT2D eigenvalue weighted by Gasteiger charge is -2.11. The molecule has 6 heteroatoms. The van der Waals surface area contributed by atoms with E-state index in [1.54, 1.807) is 0 Å². The topological polar surface area (TPSA) is 46.5 Å². The number of hydrogen-bond donors (Lipinski definition) is 1. The van der Waals surface area contributed by atoms with E-state index in [-0.39, 0.29) is 12.4 Å². The van der Waals surface area contributed by atoms with Crippen LogP contribution in [0.25, 0.3) is 0 Å². The maximum Gasteiger partial charge on any atom is 0.416 e. The van der Waals surface area contributed by atoms with Gasteiger partial charge in [0.25, 0.3) is 0 Å². The predicted octanol–water partition coefficient (Wildman–Crippen LogP) is 2.80. The second-order valence-corrected chi connectivity index (χ2v) is 3.58. The number of benzene rings is 1. The summed E-state index contributed by atoms with van der Waals surface area (Å²) < 4.78 is 42.0. The van der Waals surface area contributed by atoms with Crippen LogP contribution in [0.3, 0.4) is 0 Å². The zero-order chi connectivity index (χ0) is 13.1. The fourth-order valence-corrected chi connectivity index (χ4v) is 1.05. The third kappa shape index (κ3) is 3.97. The third-order valence-electron chi connectivity index (χ3n) is 2.08. The summed E-state index contributed by atoms with van der Waals surface area (Å²) in [5.74, 6) is -1.82. The molecule has 1 rings (SSSR count). The van der Waals surface area contributed by atoms with Crippen molar-refractivity contribution < 1.29 is 27.8 Å². The van der Waals surface area contributed by atoms with E-state index in [0.717, 1.165) is 12.1 Å². The molecule has 1 atom stereocenters. The van der Waals surface area contributed by atoms with Gasteiger partial charge in [-0.25, -0.2) is 0 Å². The number of ether oxygens (including phenoxy) is 1. The van der Waals surface area contributed by atoms with Crippen molar-refractivity contribution in [2.45, 2.75) is 13.1 Å². The van der Waals surface area contributed by atoms with Crippen molar-refractivity contribution in [3.05, 3.63) is 29.8 Å². The number of halogens is 3. The Labute approximate surface area is 95.8 Å². The van der Waals surface area contributed by atoms with Crippen LogP contribution >= 0.6 is 0 Å². The first kappa shape index (κ1) is 13.3. The molecule has 94 valence electrons. The molecule has 0 saturated carbocycles. The summed E-state index contributed by atoms with van der Waals surface area (Å²) >= 11 is 0. The van der Waals surface area contributed by atoms with Gasteiger partial charge in [0.05, 0.1) is 11.5 Å². The molecule has 0 aliphatic heterocycles. The van der Waals surface area contributed by atoms with Crippen molar-refractivity contribution in [2.75, 3.05) is 6.61 Å². The van der Waals surface area contributed by atoms with Crippen LogP contribution in [0.5, 0.6) is 5.75 Å². The first-order valence-corrected chi connectivity index (χ1v) is 4.83. The molecule has 0 radical (unpaired) electrons. The minimum atomic E-state index is -4.43. The standard InChI is InChI=1S/C11H11F3O3/c1-7(10(15)16)6-17-9-4-2-3-8(5-9)11(12,13)14/h2-5,7H,6H2,1H3,(H,15,16). The molecule has 3 nitrogen and oxygen atoms in total. The van der Waals surface area contributed by atoms with Crippen LogP contribution in [0.1, 0.15) is 12.5 Å². The van der Waals surface area contributed by atoms with Gasteiger partial charge in [-0.05, 0) is 25.1 Å². The molecule has 1 N–H and O–H groups in total. The number of carboxylic acid groups (broad SMARTS) is 1. The van der Waals surface area contributed by atoms with E-state index in [1.807, 2.05) is 0 Å². The Hall–Kier alpha value is -1.72. The van der Waals surface area contributed by atoms with Gasteiger partial charge in [0.15, 0.2) is 0 Å². The van der Waals surface area contributed by atoms with Gasteiger partial charge in [-0.15, -0.1) is 0 Å². The largest absolute Gasteiger partial charge is 0.493 e. The molecule has 17 heavy (non-hydrogen) atoms. The van der Waals surface area contributed by atoms with E-state index >= 15 is 0 Å². The van der Waals surface area contributed by atoms with E-state index in [0.29, 0.717) is 0 Å². The van der Waals surface area contributed by atoms with Crippen LogP contribution in [-0.4, -0.2) is 17.7 Å². The van der Waals surface area contributed by atoms with Gasteiger partial charge in [0, 0.05) is 0 Å². The molecule has 0 heterocycles. The van der Waals surface area contributed by atoms with Crippen molar-refractivity contribution in [3.63, 3.8) is 0 Å². The lowest BCUT2D eigenvalue weighted by molar-refractivity contribution is -0.142. The SMILES string of the molecule is CC(COc1cccc(C(F)(F)F)c1)C(=O)O. The summed E-state index contributed by atoms with van der Waals surface area (Å²) in [5.41, 5.74) is -0.821. The molecule has 0 amide bonds. The number of rotatable bonds is 4. The Morgan fingerprint density at radius 3 is 2.65 bits per heavy atom. The Bertz CT molecular complexity index is 401. The molecule has 1 unspecified atom stereocenters. The molecular formula is C11H11F3O3. The zero-order valence-corrected chi connectivity index (χ0v) is 8.99. The van der Waals surface area contributed by atoms with Crippen LogP contribution in [0.2, 0.25) is 0 Å². The Morgan fingerprint density at radius 2 is 2.12 bits per heavy atom. The Balaban J connectivity index is 2.70. The quantitative estimate of drug-likeness (QED) is 0.891. The van der Waals surface area contributed by atoms with Crippen LogP contribution < -0.4 is 4.74 Å². The molecule has 0 saturated heterocycles. The number of carboxylic acids is 1. The minimum absolute atomic E-state index is 0.00734. The predicted molar refractivity (Wildman–Crippen MR) is 53.7 cm³/mol. The van der Waals surface area contributed by atoms with Crippen molar-refractivity contribution >= 4 is 5.97 Å². The van der Waals surface area contributed by atoms with E-state index in [2.05, 4.69) is 0 Å². The summed E-state index contributed by atoms with van der Waals surface area (Å²) in [6.07, 6.45) is -4.43. The lowest BCUT2D eigenvalue weighted by Crippen LogP contribution is -2.18. The highest BCUT2D eigenvalue weighted by Gasteiger charge is 2.30. The van der Waals surface area contributed by atoms with Crippen LogP contribution in [0.4, 0.5) is 13.2 Å². The normalized spacial score (nSPS) is 13.2. The highest BCUT2D eigenvalue weighted by molar-refractivity contribution is 5.69. The highest BCUT2D eigenvalue weighted by Crippen LogP contribution is 2.31. The van der Waals surface area contributed by atoms with Gasteiger partial charge in [0.1, 0.15) is 12.4 Å². The molecule has 0 aliphatic rings. The first-order chi connectivity index (χ1) is 7.80. The fraction of sp³-hybridized carbons (Fsp3) is 0.364. The molecule has 1 aromatic rings. The van der Waals surface area contributed by atoms with Crippen molar-refractivity contribution in [1.29, 1.82) is 0 Å². The Kier molecular flexibility index (Phi) is 3.98. The van der Waals surface area contributed by atoms with Crippen molar-refractivity contribution in [3.8, 4) is 5.75 Å². The van der Waals surface area contributed by atoms with Crippen LogP contribution in [-0.2, 0) is 11.0 Å². The number of carbonyl (C=O) groups is 1. The third-order valence-corrected chi connectivity index (χ3v) is 2.08. The maximum absolute atomic E-state index is 12.3. The second kappa shape index (κ2) is 5.07. The van der Waals surface area contributed by atoms with Gasteiger partial charge in [-0.3, -0.25) is 4.79 Å². The molecule has 0 aromatic heterocycles. The van der Waals surface area contributed by atoms with E-state index < -0.39 is 23.6 Å². The van der Waals surface area contributed by atoms with Gasteiger partial charge >= 0.3 is 12.1 Å². The summed E-state index contributed by atoms with van der Waals surface area (Å²) in [5, 5.41) is 8.58. The Morgan fingerprint density at radius 1 is 1.47 bits per heavy atom. The van der Waals surface area contributed by atoms with Gasteiger partial charge in [-0.1, -0.05) is 6.07 Å². The average molecular weight is 248 g/mol. The van der Waals surface area contributed by atoms with E-state index in [1.165, 1.54) is 19.1 Å². The fourth-order valence-electron chi connectivity index (χ4n) is 1.05. The van der Waals surface area contributed by atoms with Gasteiger partial charge in [0.2, 0.25) is 0 Å². The maximum atomic E-state index is 12.3. The molecule has 0 aliphatic carbocycles. The smallest absolute Gasteiger partial charge is 0.416 e. The van der Waals surface area contributed by atoms with E-state index in [9.17, 15) is 18.0 Å². The number of hydrogen-bond acceptors (Lipinski definition) is 2. The van der Waals surface area contributed by atoms with Gasteiger partial charge in [-0.2, -0.15) is 13.2 Å². The lowest BCUT2D eigenvalue weighted by atomic mass is 10.2. The molecule has 0 bridgehead atoms. The number of aliphatic carboxylic acids is 1.